The number of benzene rings is 1. The smallest absolute Gasteiger partial charge is 0.438 e. The molecule has 1 aliphatic rings. The summed E-state index contributed by atoms with van der Waals surface area (Å²) >= 11 is 0. The molecule has 0 amide bonds. The van der Waals surface area contributed by atoms with E-state index in [4.69, 9.17) is 9.40 Å². The summed E-state index contributed by atoms with van der Waals surface area (Å²) in [6.45, 7) is 4.15. The first kappa shape index (κ1) is 15.6. The number of nitrogens with zero attached hydrogens (tertiary/aromatic N) is 2. The molecule has 1 fully saturated rings. The van der Waals surface area contributed by atoms with Gasteiger partial charge in [0, 0.05) is 22.7 Å². The topological polar surface area (TPSA) is 79.4 Å². The molecule has 0 aliphatic heterocycles. The molecule has 0 unspecified atom stereocenters. The van der Waals surface area contributed by atoms with E-state index in [0.29, 0.717) is 22.7 Å². The lowest BCUT2D eigenvalue weighted by molar-refractivity contribution is 0.425. The van der Waals surface area contributed by atoms with Crippen LogP contribution >= 0.6 is 0 Å². The Morgan fingerprint density at radius 2 is 1.92 bits per heavy atom. The van der Waals surface area contributed by atoms with Crippen molar-refractivity contribution in [1.29, 1.82) is 0 Å². The predicted octanol–water partition coefficient (Wildman–Crippen LogP) is 2.84. The maximum Gasteiger partial charge on any atom is 0.492 e. The number of hydrogen-bond acceptors (Lipinski definition) is 5. The first-order valence-electron chi connectivity index (χ1n) is 8.65. The van der Waals surface area contributed by atoms with Crippen molar-refractivity contribution in [2.45, 2.75) is 51.4 Å². The van der Waals surface area contributed by atoms with Crippen LogP contribution in [0.15, 0.2) is 22.6 Å². The van der Waals surface area contributed by atoms with E-state index in [2.05, 4.69) is 18.8 Å². The summed E-state index contributed by atoms with van der Waals surface area (Å²) in [5.74, 6) is 1.43. The molecular weight excluding hydrogens is 303 g/mol. The van der Waals surface area contributed by atoms with Gasteiger partial charge in [0.1, 0.15) is 11.4 Å². The molecule has 6 heteroatoms. The van der Waals surface area contributed by atoms with Gasteiger partial charge in [-0.3, -0.25) is 0 Å². The lowest BCUT2D eigenvalue weighted by Crippen LogP contribution is -2.29. The number of aromatic nitrogens is 2. The summed E-state index contributed by atoms with van der Waals surface area (Å²) in [7, 11) is -1.57. The van der Waals surface area contributed by atoms with E-state index in [-0.39, 0.29) is 5.92 Å². The SMILES string of the molecule is CC(C)c1nc(C2CCCC2)c2c(n1)oc1c(B(O)O)cccc12. The molecule has 2 heterocycles. The van der Waals surface area contributed by atoms with E-state index >= 15 is 0 Å². The monoisotopic (exact) mass is 324 g/mol. The molecule has 0 atom stereocenters. The standard InChI is InChI=1S/C18H21BN2O3/c1-10(2)17-20-15(11-6-3-4-7-11)14-12-8-5-9-13(19(22)23)16(12)24-18(14)21-17/h5,8-11,22-23H,3-4,6-7H2,1-2H3. The van der Waals surface area contributed by atoms with E-state index in [0.717, 1.165) is 35.1 Å². The van der Waals surface area contributed by atoms with Gasteiger partial charge in [0.05, 0.1) is 11.1 Å². The van der Waals surface area contributed by atoms with Crippen molar-refractivity contribution in [2.24, 2.45) is 0 Å². The molecule has 1 saturated carbocycles. The molecule has 2 N–H and O–H groups in total. The Morgan fingerprint density at radius 3 is 2.58 bits per heavy atom. The number of furan rings is 1. The van der Waals surface area contributed by atoms with Gasteiger partial charge < -0.3 is 14.5 Å². The molecule has 3 aromatic rings. The highest BCUT2D eigenvalue weighted by atomic mass is 16.4. The summed E-state index contributed by atoms with van der Waals surface area (Å²) < 4.78 is 5.96. The molecular formula is C18H21BN2O3. The zero-order chi connectivity index (χ0) is 16.8. The lowest BCUT2D eigenvalue weighted by Gasteiger charge is -2.12. The van der Waals surface area contributed by atoms with Crippen LogP contribution in [0.4, 0.5) is 0 Å². The Bertz CT molecular complexity index is 898. The highest BCUT2D eigenvalue weighted by Gasteiger charge is 2.27. The van der Waals surface area contributed by atoms with Gasteiger partial charge >= 0.3 is 7.12 Å². The van der Waals surface area contributed by atoms with Crippen molar-refractivity contribution in [1.82, 2.24) is 9.97 Å². The van der Waals surface area contributed by atoms with Crippen LogP contribution in [-0.2, 0) is 0 Å². The molecule has 24 heavy (non-hydrogen) atoms. The van der Waals surface area contributed by atoms with E-state index < -0.39 is 7.12 Å². The van der Waals surface area contributed by atoms with Crippen LogP contribution in [0.25, 0.3) is 22.1 Å². The number of fused-ring (bicyclic) bond motifs is 3. The largest absolute Gasteiger partial charge is 0.492 e. The normalized spacial score (nSPS) is 15.9. The van der Waals surface area contributed by atoms with Gasteiger partial charge in [0.25, 0.3) is 0 Å². The number of hydrogen-bond donors (Lipinski definition) is 2. The van der Waals surface area contributed by atoms with Gasteiger partial charge in [-0.05, 0) is 12.8 Å². The van der Waals surface area contributed by atoms with Crippen molar-refractivity contribution < 1.29 is 14.5 Å². The quantitative estimate of drug-likeness (QED) is 0.724. The van der Waals surface area contributed by atoms with Crippen molar-refractivity contribution in [3.8, 4) is 0 Å². The highest BCUT2D eigenvalue weighted by Crippen LogP contribution is 2.40. The molecule has 0 bridgehead atoms. The average Bonchev–Trinajstić information content (AvgIpc) is 3.20. The Balaban J connectivity index is 2.06. The molecule has 0 radical (unpaired) electrons. The third kappa shape index (κ3) is 2.41. The van der Waals surface area contributed by atoms with Gasteiger partial charge in [-0.25, -0.2) is 4.98 Å². The van der Waals surface area contributed by atoms with Crippen LogP contribution in [0.5, 0.6) is 0 Å². The lowest BCUT2D eigenvalue weighted by atomic mass is 9.79. The predicted molar refractivity (Wildman–Crippen MR) is 94.4 cm³/mol. The summed E-state index contributed by atoms with van der Waals surface area (Å²) in [5.41, 5.74) is 2.48. The number of rotatable bonds is 3. The molecule has 2 aromatic heterocycles. The van der Waals surface area contributed by atoms with Gasteiger partial charge in [0.15, 0.2) is 0 Å². The maximum atomic E-state index is 9.63. The van der Waals surface area contributed by atoms with Crippen LogP contribution < -0.4 is 5.46 Å². The molecule has 4 rings (SSSR count). The number of para-hydroxylation sites is 1. The summed E-state index contributed by atoms with van der Waals surface area (Å²) in [6.07, 6.45) is 4.73. The van der Waals surface area contributed by atoms with E-state index in [9.17, 15) is 10.0 Å². The minimum Gasteiger partial charge on any atom is -0.438 e. The van der Waals surface area contributed by atoms with E-state index in [1.54, 1.807) is 6.07 Å². The highest BCUT2D eigenvalue weighted by molar-refractivity contribution is 6.61. The second-order valence-corrected chi connectivity index (χ2v) is 6.98. The van der Waals surface area contributed by atoms with Gasteiger partial charge in [-0.2, -0.15) is 4.98 Å². The van der Waals surface area contributed by atoms with Crippen molar-refractivity contribution in [3.05, 3.63) is 29.7 Å². The Hall–Kier alpha value is -1.92. The first-order valence-corrected chi connectivity index (χ1v) is 8.65. The molecule has 0 saturated heterocycles. The Morgan fingerprint density at radius 1 is 1.17 bits per heavy atom. The van der Waals surface area contributed by atoms with Crippen LogP contribution in [0, 0.1) is 0 Å². The molecule has 5 nitrogen and oxygen atoms in total. The molecule has 1 aliphatic carbocycles. The van der Waals surface area contributed by atoms with Crippen LogP contribution in [0.2, 0.25) is 0 Å². The van der Waals surface area contributed by atoms with E-state index in [1.165, 1.54) is 12.8 Å². The zero-order valence-corrected chi connectivity index (χ0v) is 14.0. The molecule has 0 spiro atoms. The second-order valence-electron chi connectivity index (χ2n) is 6.98. The Labute approximate surface area is 140 Å². The summed E-state index contributed by atoms with van der Waals surface area (Å²) in [4.78, 5) is 9.49. The molecule has 1 aromatic carbocycles. The first-order chi connectivity index (χ1) is 11.6. The Kier molecular flexibility index (Phi) is 3.81. The summed E-state index contributed by atoms with van der Waals surface area (Å²) in [6, 6.07) is 5.44. The maximum absolute atomic E-state index is 9.63. The zero-order valence-electron chi connectivity index (χ0n) is 14.0. The molecule has 124 valence electrons. The average molecular weight is 324 g/mol. The van der Waals surface area contributed by atoms with Gasteiger partial charge in [0.2, 0.25) is 5.71 Å². The summed E-state index contributed by atoms with van der Waals surface area (Å²) in [5, 5.41) is 21.1. The van der Waals surface area contributed by atoms with Gasteiger partial charge in [-0.1, -0.05) is 44.9 Å². The minimum absolute atomic E-state index is 0.214. The third-order valence-corrected chi connectivity index (χ3v) is 4.97. The fourth-order valence-corrected chi connectivity index (χ4v) is 3.72. The van der Waals surface area contributed by atoms with Crippen molar-refractivity contribution in [2.75, 3.05) is 0 Å². The van der Waals surface area contributed by atoms with Crippen LogP contribution in [0.1, 0.15) is 62.9 Å². The van der Waals surface area contributed by atoms with Crippen LogP contribution in [-0.4, -0.2) is 27.1 Å². The fraction of sp³-hybridized carbons (Fsp3) is 0.444. The second kappa shape index (κ2) is 5.86. The van der Waals surface area contributed by atoms with E-state index in [1.807, 2.05) is 12.1 Å². The van der Waals surface area contributed by atoms with Crippen molar-refractivity contribution in [3.63, 3.8) is 0 Å². The minimum atomic E-state index is -1.57. The fourth-order valence-electron chi connectivity index (χ4n) is 3.72. The van der Waals surface area contributed by atoms with Gasteiger partial charge in [-0.15, -0.1) is 0 Å². The third-order valence-electron chi connectivity index (χ3n) is 4.97. The van der Waals surface area contributed by atoms with Crippen molar-refractivity contribution >= 4 is 34.7 Å². The van der Waals surface area contributed by atoms with Crippen LogP contribution in [0.3, 0.4) is 0 Å².